The van der Waals surface area contributed by atoms with Crippen molar-refractivity contribution in [2.45, 2.75) is 6.10 Å². The first-order chi connectivity index (χ1) is 9.70. The van der Waals surface area contributed by atoms with Gasteiger partial charge in [0.15, 0.2) is 0 Å². The number of carbonyl (C=O) groups excluding carboxylic acids is 1. The summed E-state index contributed by atoms with van der Waals surface area (Å²) in [5.41, 5.74) is 1.23. The van der Waals surface area contributed by atoms with E-state index < -0.39 is 6.10 Å². The fraction of sp³-hybridized carbons (Fsp3) is 0.308. The van der Waals surface area contributed by atoms with Crippen LogP contribution in [0.15, 0.2) is 36.9 Å². The molecule has 1 aromatic heterocycles. The summed E-state index contributed by atoms with van der Waals surface area (Å²) >= 11 is 0. The molecular formula is C13H16N4O3. The Morgan fingerprint density at radius 1 is 1.55 bits per heavy atom. The molecule has 0 aliphatic heterocycles. The third kappa shape index (κ3) is 3.62. The Labute approximate surface area is 116 Å². The first-order valence-electron chi connectivity index (χ1n) is 6.11. The van der Waals surface area contributed by atoms with Crippen LogP contribution in [0.3, 0.4) is 0 Å². The number of amides is 1. The quantitative estimate of drug-likeness (QED) is 0.775. The number of methoxy groups -OCH3 is 1. The highest BCUT2D eigenvalue weighted by Crippen LogP contribution is 2.08. The molecule has 20 heavy (non-hydrogen) atoms. The molecule has 1 aromatic carbocycles. The van der Waals surface area contributed by atoms with E-state index in [1.807, 2.05) is 6.07 Å². The van der Waals surface area contributed by atoms with Gasteiger partial charge in [-0.3, -0.25) is 4.79 Å². The summed E-state index contributed by atoms with van der Waals surface area (Å²) in [6.07, 6.45) is 2.26. The number of hydrogen-bond acceptors (Lipinski definition) is 5. The average Bonchev–Trinajstić information content (AvgIpc) is 2.99. The average molecular weight is 276 g/mol. The minimum absolute atomic E-state index is 0.139. The van der Waals surface area contributed by atoms with Gasteiger partial charge in [0.1, 0.15) is 12.7 Å². The van der Waals surface area contributed by atoms with Gasteiger partial charge in [0.05, 0.1) is 18.4 Å². The number of aromatic nitrogens is 3. The predicted molar refractivity (Wildman–Crippen MR) is 71.6 cm³/mol. The zero-order valence-electron chi connectivity index (χ0n) is 11.1. The molecule has 0 unspecified atom stereocenters. The van der Waals surface area contributed by atoms with Crippen LogP contribution in [0.5, 0.6) is 0 Å². The highest BCUT2D eigenvalue weighted by atomic mass is 16.5. The number of benzene rings is 1. The number of rotatable bonds is 6. The smallest absolute Gasteiger partial charge is 0.251 e. The van der Waals surface area contributed by atoms with E-state index in [1.54, 1.807) is 29.2 Å². The fourth-order valence-corrected chi connectivity index (χ4v) is 1.70. The maximum atomic E-state index is 12.0. The molecule has 2 aromatic rings. The Morgan fingerprint density at radius 3 is 3.10 bits per heavy atom. The van der Waals surface area contributed by atoms with Crippen molar-refractivity contribution in [3.05, 3.63) is 42.5 Å². The molecule has 1 amide bonds. The molecule has 0 fully saturated rings. The highest BCUT2D eigenvalue weighted by molar-refractivity contribution is 5.94. The number of aliphatic hydroxyl groups excluding tert-OH is 1. The van der Waals surface area contributed by atoms with E-state index in [1.165, 1.54) is 13.4 Å². The highest BCUT2D eigenvalue weighted by Gasteiger charge is 2.09. The Hall–Kier alpha value is -2.25. The summed E-state index contributed by atoms with van der Waals surface area (Å²) in [7, 11) is 1.49. The van der Waals surface area contributed by atoms with Crippen molar-refractivity contribution in [3.63, 3.8) is 0 Å². The van der Waals surface area contributed by atoms with Crippen LogP contribution in [0.2, 0.25) is 0 Å². The first-order valence-corrected chi connectivity index (χ1v) is 6.11. The summed E-state index contributed by atoms with van der Waals surface area (Å²) in [6.45, 7) is 0.319. The predicted octanol–water partition coefficient (Wildman–Crippen LogP) is 0.00440. The molecule has 1 atom stereocenters. The maximum absolute atomic E-state index is 12.0. The molecule has 0 aliphatic carbocycles. The van der Waals surface area contributed by atoms with Crippen LogP contribution in [0, 0.1) is 0 Å². The Morgan fingerprint density at radius 2 is 2.40 bits per heavy atom. The summed E-state index contributed by atoms with van der Waals surface area (Å²) in [6, 6.07) is 6.98. The number of nitrogens with zero attached hydrogens (tertiary/aromatic N) is 3. The topological polar surface area (TPSA) is 89.3 Å². The molecule has 0 aliphatic rings. The van der Waals surface area contributed by atoms with Crippen LogP contribution in [0.4, 0.5) is 0 Å². The molecule has 0 bridgehead atoms. The Kier molecular flexibility index (Phi) is 4.80. The van der Waals surface area contributed by atoms with E-state index in [0.29, 0.717) is 5.56 Å². The van der Waals surface area contributed by atoms with Crippen molar-refractivity contribution in [3.8, 4) is 5.69 Å². The molecule has 106 valence electrons. The zero-order chi connectivity index (χ0) is 14.4. The number of aliphatic hydroxyl groups is 1. The second-order valence-electron chi connectivity index (χ2n) is 4.21. The van der Waals surface area contributed by atoms with Crippen LogP contribution < -0.4 is 5.32 Å². The number of carbonyl (C=O) groups is 1. The van der Waals surface area contributed by atoms with E-state index in [2.05, 4.69) is 15.4 Å². The van der Waals surface area contributed by atoms with E-state index in [9.17, 15) is 9.90 Å². The van der Waals surface area contributed by atoms with Crippen LogP contribution in [0.1, 0.15) is 10.4 Å². The monoisotopic (exact) mass is 276 g/mol. The minimum atomic E-state index is -0.720. The molecule has 0 saturated carbocycles. The molecular weight excluding hydrogens is 260 g/mol. The summed E-state index contributed by atoms with van der Waals surface area (Å²) in [5.74, 6) is -0.262. The SMILES string of the molecule is COC[C@@H](O)CNC(=O)c1cccc(-n2cncn2)c1. The van der Waals surface area contributed by atoms with Crippen molar-refractivity contribution in [1.29, 1.82) is 0 Å². The van der Waals surface area contributed by atoms with Crippen LogP contribution in [-0.4, -0.2) is 52.1 Å². The lowest BCUT2D eigenvalue weighted by atomic mass is 10.2. The standard InChI is InChI=1S/C13H16N4O3/c1-20-7-12(18)6-15-13(19)10-3-2-4-11(5-10)17-9-14-8-16-17/h2-5,8-9,12,18H,6-7H2,1H3,(H,15,19)/t12-/m0/s1. The Bertz CT molecular complexity index is 557. The number of hydrogen-bond donors (Lipinski definition) is 2. The lowest BCUT2D eigenvalue weighted by Crippen LogP contribution is -2.34. The van der Waals surface area contributed by atoms with E-state index in [0.717, 1.165) is 5.69 Å². The molecule has 0 radical (unpaired) electrons. The van der Waals surface area contributed by atoms with Crippen molar-refractivity contribution in [1.82, 2.24) is 20.1 Å². The normalized spacial score (nSPS) is 12.1. The number of ether oxygens (including phenoxy) is 1. The molecule has 1 heterocycles. The summed E-state index contributed by atoms with van der Waals surface area (Å²) < 4.78 is 6.36. The maximum Gasteiger partial charge on any atom is 0.251 e. The summed E-state index contributed by atoms with van der Waals surface area (Å²) in [4.78, 5) is 15.8. The van der Waals surface area contributed by atoms with Gasteiger partial charge >= 0.3 is 0 Å². The van der Waals surface area contributed by atoms with Crippen molar-refractivity contribution < 1.29 is 14.6 Å². The molecule has 2 N–H and O–H groups in total. The fourth-order valence-electron chi connectivity index (χ4n) is 1.70. The van der Waals surface area contributed by atoms with Gasteiger partial charge in [-0.1, -0.05) is 6.07 Å². The third-order valence-corrected chi connectivity index (χ3v) is 2.65. The van der Waals surface area contributed by atoms with Crippen LogP contribution in [0.25, 0.3) is 5.69 Å². The van der Waals surface area contributed by atoms with E-state index in [4.69, 9.17) is 4.74 Å². The first kappa shape index (κ1) is 14.2. The van der Waals surface area contributed by atoms with Crippen molar-refractivity contribution >= 4 is 5.91 Å². The van der Waals surface area contributed by atoms with Gasteiger partial charge in [-0.15, -0.1) is 0 Å². The van der Waals surface area contributed by atoms with Crippen molar-refractivity contribution in [2.24, 2.45) is 0 Å². The molecule has 0 saturated heterocycles. The van der Waals surface area contributed by atoms with Crippen molar-refractivity contribution in [2.75, 3.05) is 20.3 Å². The van der Waals surface area contributed by atoms with E-state index >= 15 is 0 Å². The molecule has 0 spiro atoms. The van der Waals surface area contributed by atoms with Gasteiger partial charge in [-0.05, 0) is 18.2 Å². The lowest BCUT2D eigenvalue weighted by Gasteiger charge is -2.11. The van der Waals surface area contributed by atoms with E-state index in [-0.39, 0.29) is 19.1 Å². The van der Waals surface area contributed by atoms with Gasteiger partial charge in [0.25, 0.3) is 5.91 Å². The molecule has 7 heteroatoms. The van der Waals surface area contributed by atoms with Gasteiger partial charge in [-0.2, -0.15) is 5.10 Å². The van der Waals surface area contributed by atoms with Gasteiger partial charge in [0, 0.05) is 19.2 Å². The minimum Gasteiger partial charge on any atom is -0.389 e. The Balaban J connectivity index is 2.02. The van der Waals surface area contributed by atoms with Gasteiger partial charge < -0.3 is 15.2 Å². The molecule has 2 rings (SSSR count). The second kappa shape index (κ2) is 6.78. The van der Waals surface area contributed by atoms with Gasteiger partial charge in [0.2, 0.25) is 0 Å². The van der Waals surface area contributed by atoms with Crippen LogP contribution >= 0.6 is 0 Å². The molecule has 7 nitrogen and oxygen atoms in total. The zero-order valence-corrected chi connectivity index (χ0v) is 11.1. The number of nitrogens with one attached hydrogen (secondary N) is 1. The summed E-state index contributed by atoms with van der Waals surface area (Å²) in [5, 5.41) is 16.1. The van der Waals surface area contributed by atoms with Crippen LogP contribution in [-0.2, 0) is 4.74 Å². The third-order valence-electron chi connectivity index (χ3n) is 2.65. The van der Waals surface area contributed by atoms with Gasteiger partial charge in [-0.25, -0.2) is 9.67 Å². The second-order valence-corrected chi connectivity index (χ2v) is 4.21. The lowest BCUT2D eigenvalue weighted by molar-refractivity contribution is 0.0610. The largest absolute Gasteiger partial charge is 0.389 e.